The van der Waals surface area contributed by atoms with Gasteiger partial charge in [0.1, 0.15) is 4.90 Å². The molecule has 3 nitrogen and oxygen atoms in total. The minimum atomic E-state index is -3.71. The van der Waals surface area contributed by atoms with Crippen LogP contribution in [0.3, 0.4) is 0 Å². The second-order valence-electron chi connectivity index (χ2n) is 5.79. The third-order valence-corrected chi connectivity index (χ3v) is 4.96. The van der Waals surface area contributed by atoms with Crippen molar-refractivity contribution in [2.45, 2.75) is 37.5 Å². The number of halogens is 3. The fourth-order valence-corrected chi connectivity index (χ4v) is 4.17. The van der Waals surface area contributed by atoms with Crippen LogP contribution in [-0.2, 0) is 10.0 Å². The van der Waals surface area contributed by atoms with Gasteiger partial charge in [-0.3, -0.25) is 0 Å². The molecule has 0 saturated carbocycles. The van der Waals surface area contributed by atoms with Gasteiger partial charge in [0.05, 0.1) is 5.02 Å². The summed E-state index contributed by atoms with van der Waals surface area (Å²) in [4.78, 5) is -0.0358. The van der Waals surface area contributed by atoms with Crippen LogP contribution in [0.2, 0.25) is 10.0 Å². The lowest BCUT2D eigenvalue weighted by Crippen LogP contribution is -2.31. The number of hydrogen-bond donors (Lipinski definition) is 1. The van der Waals surface area contributed by atoms with Crippen LogP contribution in [0.5, 0.6) is 0 Å². The second kappa shape index (κ2) is 6.84. The molecule has 0 fully saturated rings. The largest absolute Gasteiger partial charge is 0.242 e. The van der Waals surface area contributed by atoms with Crippen molar-refractivity contribution in [1.82, 2.24) is 4.72 Å². The summed E-state index contributed by atoms with van der Waals surface area (Å²) in [5.41, 5.74) is 0.0333. The molecular formula is C13H18Cl3NO2S. The molecule has 0 aromatic heterocycles. The van der Waals surface area contributed by atoms with E-state index in [0.29, 0.717) is 11.4 Å². The molecule has 0 aliphatic carbocycles. The summed E-state index contributed by atoms with van der Waals surface area (Å²) in [6, 6.07) is 4.30. The maximum atomic E-state index is 12.2. The van der Waals surface area contributed by atoms with Gasteiger partial charge in [-0.1, -0.05) is 44.0 Å². The Hall–Kier alpha value is -0.000000000000000111. The molecule has 0 heterocycles. The molecule has 1 rings (SSSR count). The molecule has 0 aliphatic rings. The van der Waals surface area contributed by atoms with Crippen molar-refractivity contribution in [2.24, 2.45) is 5.41 Å². The van der Waals surface area contributed by atoms with E-state index in [1.165, 1.54) is 18.2 Å². The van der Waals surface area contributed by atoms with E-state index in [1.54, 1.807) is 0 Å². The van der Waals surface area contributed by atoms with Crippen molar-refractivity contribution in [2.75, 3.05) is 6.54 Å². The predicted molar refractivity (Wildman–Crippen MR) is 85.4 cm³/mol. The average Bonchev–Trinajstić information content (AvgIpc) is 2.27. The third-order valence-electron chi connectivity index (χ3n) is 2.51. The molecule has 1 aromatic rings. The lowest BCUT2D eigenvalue weighted by atomic mass is 9.90. The van der Waals surface area contributed by atoms with Crippen LogP contribution in [0.1, 0.15) is 27.2 Å². The third kappa shape index (κ3) is 5.78. The summed E-state index contributed by atoms with van der Waals surface area (Å²) in [7, 11) is -3.71. The van der Waals surface area contributed by atoms with Crippen molar-refractivity contribution >= 4 is 44.8 Å². The van der Waals surface area contributed by atoms with Gasteiger partial charge in [0.2, 0.25) is 10.0 Å². The predicted octanol–water partition coefficient (Wildman–Crippen LogP) is 4.32. The topological polar surface area (TPSA) is 46.2 Å². The van der Waals surface area contributed by atoms with E-state index >= 15 is 0 Å². The fourth-order valence-electron chi connectivity index (χ4n) is 1.70. The van der Waals surface area contributed by atoms with E-state index in [9.17, 15) is 8.42 Å². The van der Waals surface area contributed by atoms with Crippen LogP contribution in [0.25, 0.3) is 0 Å². The molecule has 0 aliphatic heterocycles. The normalized spacial score (nSPS) is 14.3. The van der Waals surface area contributed by atoms with Crippen LogP contribution in [0, 0.1) is 5.41 Å². The van der Waals surface area contributed by atoms with Gasteiger partial charge in [0.15, 0.2) is 0 Å². The van der Waals surface area contributed by atoms with Gasteiger partial charge in [-0.2, -0.15) is 0 Å². The van der Waals surface area contributed by atoms with Gasteiger partial charge in [-0.25, -0.2) is 13.1 Å². The Morgan fingerprint density at radius 3 is 2.40 bits per heavy atom. The molecule has 1 N–H and O–H groups in total. The maximum Gasteiger partial charge on any atom is 0.242 e. The smallest absolute Gasteiger partial charge is 0.210 e. The van der Waals surface area contributed by atoms with Gasteiger partial charge in [-0.05, 0) is 30.0 Å². The Morgan fingerprint density at radius 1 is 1.25 bits per heavy atom. The molecule has 1 unspecified atom stereocenters. The zero-order chi connectivity index (χ0) is 15.6. The summed E-state index contributed by atoms with van der Waals surface area (Å²) in [5, 5.41) is 0.151. The first-order valence-corrected chi connectivity index (χ1v) is 8.77. The lowest BCUT2D eigenvalue weighted by Gasteiger charge is -2.22. The first kappa shape index (κ1) is 18.1. The van der Waals surface area contributed by atoms with Crippen molar-refractivity contribution in [1.29, 1.82) is 0 Å². The molecule has 0 radical (unpaired) electrons. The minimum Gasteiger partial charge on any atom is -0.210 e. The first-order valence-electron chi connectivity index (χ1n) is 6.10. The van der Waals surface area contributed by atoms with Gasteiger partial charge in [-0.15, -0.1) is 11.6 Å². The average molecular weight is 359 g/mol. The van der Waals surface area contributed by atoms with Gasteiger partial charge in [0, 0.05) is 16.9 Å². The summed E-state index contributed by atoms with van der Waals surface area (Å²) in [6.45, 7) is 6.28. The number of alkyl halides is 1. The second-order valence-corrected chi connectivity index (χ2v) is 8.98. The molecular weight excluding hydrogens is 341 g/mol. The Balaban J connectivity index is 2.78. The summed E-state index contributed by atoms with van der Waals surface area (Å²) in [6.07, 6.45) is 0.695. The number of benzene rings is 1. The van der Waals surface area contributed by atoms with E-state index < -0.39 is 10.0 Å². The maximum absolute atomic E-state index is 12.2. The molecule has 1 atom stereocenters. The molecule has 114 valence electrons. The molecule has 0 bridgehead atoms. The highest BCUT2D eigenvalue weighted by Crippen LogP contribution is 2.26. The van der Waals surface area contributed by atoms with Gasteiger partial charge in [0.25, 0.3) is 0 Å². The first-order chi connectivity index (χ1) is 9.01. The lowest BCUT2D eigenvalue weighted by molar-refractivity contribution is 0.369. The molecule has 0 spiro atoms. The van der Waals surface area contributed by atoms with Crippen LogP contribution < -0.4 is 4.72 Å². The van der Waals surface area contributed by atoms with E-state index in [0.717, 1.165) is 0 Å². The number of sulfonamides is 1. The molecule has 20 heavy (non-hydrogen) atoms. The Labute approximate surface area is 135 Å². The van der Waals surface area contributed by atoms with E-state index in [1.807, 2.05) is 20.8 Å². The van der Waals surface area contributed by atoms with Crippen molar-refractivity contribution in [3.63, 3.8) is 0 Å². The highest BCUT2D eigenvalue weighted by Gasteiger charge is 2.22. The Kier molecular flexibility index (Phi) is 6.17. The number of hydrogen-bond acceptors (Lipinski definition) is 2. The van der Waals surface area contributed by atoms with E-state index in [4.69, 9.17) is 34.8 Å². The zero-order valence-electron chi connectivity index (χ0n) is 11.6. The standard InChI is InChI=1S/C13H18Cl3NO2S/c1-13(2,3)7-10(15)8-17-20(18,19)12-6-9(14)4-5-11(12)16/h4-6,10,17H,7-8H2,1-3H3. The highest BCUT2D eigenvalue weighted by atomic mass is 35.5. The van der Waals surface area contributed by atoms with Crippen LogP contribution in [0.4, 0.5) is 0 Å². The zero-order valence-corrected chi connectivity index (χ0v) is 14.7. The quantitative estimate of drug-likeness (QED) is 0.797. The summed E-state index contributed by atoms with van der Waals surface area (Å²) < 4.78 is 26.8. The van der Waals surface area contributed by atoms with Crippen LogP contribution in [-0.4, -0.2) is 20.3 Å². The molecule has 1 aromatic carbocycles. The Morgan fingerprint density at radius 2 is 1.85 bits per heavy atom. The summed E-state index contributed by atoms with van der Waals surface area (Å²) >= 11 is 17.8. The molecule has 0 amide bonds. The molecule has 7 heteroatoms. The highest BCUT2D eigenvalue weighted by molar-refractivity contribution is 7.89. The Bertz CT molecular complexity index is 567. The monoisotopic (exact) mass is 357 g/mol. The van der Waals surface area contributed by atoms with Crippen molar-refractivity contribution < 1.29 is 8.42 Å². The summed E-state index contributed by atoms with van der Waals surface area (Å²) in [5.74, 6) is 0. The SMILES string of the molecule is CC(C)(C)CC(Cl)CNS(=O)(=O)c1cc(Cl)ccc1Cl. The van der Waals surface area contributed by atoms with Crippen molar-refractivity contribution in [3.05, 3.63) is 28.2 Å². The van der Waals surface area contributed by atoms with E-state index in [-0.39, 0.29) is 27.3 Å². The van der Waals surface area contributed by atoms with Gasteiger partial charge >= 0.3 is 0 Å². The van der Waals surface area contributed by atoms with E-state index in [2.05, 4.69) is 4.72 Å². The fraction of sp³-hybridized carbons (Fsp3) is 0.538. The number of rotatable bonds is 5. The molecule has 0 saturated heterocycles. The van der Waals surface area contributed by atoms with Gasteiger partial charge < -0.3 is 0 Å². The minimum absolute atomic E-state index is 0.0333. The number of nitrogens with one attached hydrogen (secondary N) is 1. The van der Waals surface area contributed by atoms with Crippen LogP contribution in [0.15, 0.2) is 23.1 Å². The van der Waals surface area contributed by atoms with Crippen LogP contribution >= 0.6 is 34.8 Å². The van der Waals surface area contributed by atoms with Crippen molar-refractivity contribution in [3.8, 4) is 0 Å².